The second kappa shape index (κ2) is 6.38. The molecule has 0 saturated carbocycles. The van der Waals surface area contributed by atoms with Crippen LogP contribution in [0.3, 0.4) is 0 Å². The summed E-state index contributed by atoms with van der Waals surface area (Å²) in [4.78, 5) is 0.106. The van der Waals surface area contributed by atoms with Crippen molar-refractivity contribution in [2.45, 2.75) is 11.8 Å². The third-order valence-electron chi connectivity index (χ3n) is 2.35. The van der Waals surface area contributed by atoms with Crippen molar-refractivity contribution in [1.82, 2.24) is 4.72 Å². The van der Waals surface area contributed by atoms with Gasteiger partial charge in [-0.25, -0.2) is 13.1 Å². The van der Waals surface area contributed by atoms with Gasteiger partial charge in [0.05, 0.1) is 15.6 Å². The number of benzene rings is 1. The number of anilines is 1. The van der Waals surface area contributed by atoms with Gasteiger partial charge in [-0.3, -0.25) is 0 Å². The van der Waals surface area contributed by atoms with Crippen molar-refractivity contribution in [2.24, 2.45) is 5.92 Å². The molecular weight excluding hydrogens is 276 g/mol. The number of nitrogen functional groups attached to an aromatic ring is 1. The standard InChI is InChI=1S/C11H17ClN2O3S/c1-8(7-17-2)6-14-18(15,16)9-3-4-10(12)11(13)5-9/h3-5,8,14H,6-7,13H2,1-2H3. The molecule has 7 heteroatoms. The van der Waals surface area contributed by atoms with Crippen LogP contribution in [-0.2, 0) is 14.8 Å². The predicted molar refractivity (Wildman–Crippen MR) is 72.1 cm³/mol. The normalized spacial score (nSPS) is 13.5. The van der Waals surface area contributed by atoms with Gasteiger partial charge in [0.1, 0.15) is 0 Å². The van der Waals surface area contributed by atoms with Crippen LogP contribution in [0.4, 0.5) is 5.69 Å². The van der Waals surface area contributed by atoms with E-state index in [1.165, 1.54) is 18.2 Å². The smallest absolute Gasteiger partial charge is 0.240 e. The second-order valence-electron chi connectivity index (χ2n) is 4.10. The quantitative estimate of drug-likeness (QED) is 0.778. The van der Waals surface area contributed by atoms with E-state index in [0.29, 0.717) is 18.2 Å². The van der Waals surface area contributed by atoms with Crippen LogP contribution in [-0.4, -0.2) is 28.7 Å². The maximum atomic E-state index is 12.0. The molecule has 0 aliphatic heterocycles. The minimum Gasteiger partial charge on any atom is -0.397 e. The topological polar surface area (TPSA) is 81.4 Å². The molecule has 3 N–H and O–H groups in total. The lowest BCUT2D eigenvalue weighted by molar-refractivity contribution is 0.161. The molecule has 0 fully saturated rings. The zero-order valence-corrected chi connectivity index (χ0v) is 11.9. The number of nitrogens with two attached hydrogens (primary N) is 1. The first-order valence-electron chi connectivity index (χ1n) is 5.40. The van der Waals surface area contributed by atoms with Gasteiger partial charge in [-0.05, 0) is 24.1 Å². The number of halogens is 1. The monoisotopic (exact) mass is 292 g/mol. The van der Waals surface area contributed by atoms with E-state index in [4.69, 9.17) is 22.1 Å². The van der Waals surface area contributed by atoms with E-state index in [9.17, 15) is 8.42 Å². The number of nitrogens with one attached hydrogen (secondary N) is 1. The molecule has 102 valence electrons. The average Bonchev–Trinajstić information content (AvgIpc) is 2.30. The Kier molecular flexibility index (Phi) is 5.40. The Hall–Kier alpha value is -0.820. The minimum atomic E-state index is -3.56. The summed E-state index contributed by atoms with van der Waals surface area (Å²) in [7, 11) is -1.98. The lowest BCUT2D eigenvalue weighted by atomic mass is 10.2. The van der Waals surface area contributed by atoms with E-state index in [0.717, 1.165) is 0 Å². The molecule has 5 nitrogen and oxygen atoms in total. The fourth-order valence-electron chi connectivity index (χ4n) is 1.37. The molecule has 0 aliphatic carbocycles. The summed E-state index contributed by atoms with van der Waals surface area (Å²) in [5.41, 5.74) is 5.82. The first-order valence-corrected chi connectivity index (χ1v) is 7.26. The van der Waals surface area contributed by atoms with Gasteiger partial charge in [-0.15, -0.1) is 0 Å². The molecule has 0 bridgehead atoms. The molecule has 1 aromatic carbocycles. The van der Waals surface area contributed by atoms with Crippen LogP contribution in [0.25, 0.3) is 0 Å². The van der Waals surface area contributed by atoms with E-state index >= 15 is 0 Å². The van der Waals surface area contributed by atoms with Crippen molar-refractivity contribution in [3.63, 3.8) is 0 Å². The Morgan fingerprint density at radius 3 is 2.72 bits per heavy atom. The molecule has 0 radical (unpaired) electrons. The molecule has 1 rings (SSSR count). The van der Waals surface area contributed by atoms with Crippen LogP contribution < -0.4 is 10.5 Å². The third kappa shape index (κ3) is 4.13. The fraction of sp³-hybridized carbons (Fsp3) is 0.455. The van der Waals surface area contributed by atoms with Gasteiger partial charge in [-0.1, -0.05) is 18.5 Å². The van der Waals surface area contributed by atoms with E-state index < -0.39 is 10.0 Å². The van der Waals surface area contributed by atoms with Crippen molar-refractivity contribution >= 4 is 27.3 Å². The van der Waals surface area contributed by atoms with Gasteiger partial charge in [0.2, 0.25) is 10.0 Å². The number of hydrogen-bond donors (Lipinski definition) is 2. The molecule has 1 unspecified atom stereocenters. The molecule has 0 aliphatic rings. The molecule has 18 heavy (non-hydrogen) atoms. The van der Waals surface area contributed by atoms with Gasteiger partial charge < -0.3 is 10.5 Å². The van der Waals surface area contributed by atoms with Crippen LogP contribution in [0.15, 0.2) is 23.1 Å². The largest absolute Gasteiger partial charge is 0.397 e. The van der Waals surface area contributed by atoms with Crippen LogP contribution in [0.2, 0.25) is 5.02 Å². The fourth-order valence-corrected chi connectivity index (χ4v) is 2.69. The zero-order valence-electron chi connectivity index (χ0n) is 10.3. The van der Waals surface area contributed by atoms with Crippen molar-refractivity contribution in [3.05, 3.63) is 23.2 Å². The highest BCUT2D eigenvalue weighted by Gasteiger charge is 2.16. The van der Waals surface area contributed by atoms with Crippen molar-refractivity contribution < 1.29 is 13.2 Å². The summed E-state index contributed by atoms with van der Waals surface area (Å²) < 4.78 is 31.3. The van der Waals surface area contributed by atoms with Gasteiger partial charge in [0.15, 0.2) is 0 Å². The van der Waals surface area contributed by atoms with Gasteiger partial charge in [-0.2, -0.15) is 0 Å². The Morgan fingerprint density at radius 1 is 1.50 bits per heavy atom. The summed E-state index contributed by atoms with van der Waals surface area (Å²) in [6.45, 7) is 2.69. The maximum absolute atomic E-state index is 12.0. The summed E-state index contributed by atoms with van der Waals surface area (Å²) in [6.07, 6.45) is 0. The van der Waals surface area contributed by atoms with E-state index in [-0.39, 0.29) is 16.5 Å². The van der Waals surface area contributed by atoms with Crippen LogP contribution in [0.5, 0.6) is 0 Å². The highest BCUT2D eigenvalue weighted by molar-refractivity contribution is 7.89. The number of hydrogen-bond acceptors (Lipinski definition) is 4. The first-order chi connectivity index (χ1) is 8.36. The summed E-state index contributed by atoms with van der Waals surface area (Å²) >= 11 is 5.74. The molecule has 1 atom stereocenters. The van der Waals surface area contributed by atoms with Gasteiger partial charge in [0.25, 0.3) is 0 Å². The SMILES string of the molecule is COCC(C)CNS(=O)(=O)c1ccc(Cl)c(N)c1. The minimum absolute atomic E-state index is 0.0921. The van der Waals surface area contributed by atoms with Gasteiger partial charge in [0, 0.05) is 20.3 Å². The number of rotatable bonds is 6. The first kappa shape index (κ1) is 15.2. The Bertz CT molecular complexity index is 505. The summed E-state index contributed by atoms with van der Waals surface area (Å²) in [6, 6.07) is 4.22. The van der Waals surface area contributed by atoms with E-state index in [1.54, 1.807) is 7.11 Å². The van der Waals surface area contributed by atoms with Crippen molar-refractivity contribution in [2.75, 3.05) is 26.0 Å². The number of ether oxygens (including phenoxy) is 1. The Balaban J connectivity index is 2.77. The summed E-state index contributed by atoms with van der Waals surface area (Å²) in [5.74, 6) is 0.0921. The second-order valence-corrected chi connectivity index (χ2v) is 6.27. The highest BCUT2D eigenvalue weighted by Crippen LogP contribution is 2.22. The molecule has 0 heterocycles. The Morgan fingerprint density at radius 2 is 2.17 bits per heavy atom. The molecule has 0 aromatic heterocycles. The molecule has 0 spiro atoms. The Labute approximate surface area is 112 Å². The van der Waals surface area contributed by atoms with E-state index in [1.807, 2.05) is 6.92 Å². The number of sulfonamides is 1. The lowest BCUT2D eigenvalue weighted by Crippen LogP contribution is -2.30. The lowest BCUT2D eigenvalue weighted by Gasteiger charge is -2.12. The van der Waals surface area contributed by atoms with Crippen LogP contribution >= 0.6 is 11.6 Å². The predicted octanol–water partition coefficient (Wildman–Crippen LogP) is 1.48. The van der Waals surface area contributed by atoms with E-state index in [2.05, 4.69) is 4.72 Å². The molecule has 0 saturated heterocycles. The summed E-state index contributed by atoms with van der Waals surface area (Å²) in [5, 5.41) is 0.335. The molecular formula is C11H17ClN2O3S. The molecule has 1 aromatic rings. The highest BCUT2D eigenvalue weighted by atomic mass is 35.5. The maximum Gasteiger partial charge on any atom is 0.240 e. The van der Waals surface area contributed by atoms with Crippen molar-refractivity contribution in [1.29, 1.82) is 0 Å². The van der Waals surface area contributed by atoms with Crippen LogP contribution in [0.1, 0.15) is 6.92 Å². The van der Waals surface area contributed by atoms with Crippen molar-refractivity contribution in [3.8, 4) is 0 Å². The average molecular weight is 293 g/mol. The third-order valence-corrected chi connectivity index (χ3v) is 4.12. The van der Waals surface area contributed by atoms with Gasteiger partial charge >= 0.3 is 0 Å². The molecule has 0 amide bonds. The number of methoxy groups -OCH3 is 1. The zero-order chi connectivity index (χ0) is 13.8. The van der Waals surface area contributed by atoms with Crippen LogP contribution in [0, 0.1) is 5.92 Å².